The third-order valence-corrected chi connectivity index (χ3v) is 9.54. The van der Waals surface area contributed by atoms with E-state index in [2.05, 4.69) is 15.0 Å². The first kappa shape index (κ1) is 30.0. The summed E-state index contributed by atoms with van der Waals surface area (Å²) < 4.78 is 24.3. The monoisotopic (exact) mass is 691 g/mol. The maximum Gasteiger partial charge on any atom is 0.335 e. The van der Waals surface area contributed by atoms with Crippen molar-refractivity contribution in [2.45, 2.75) is 0 Å². The normalized spacial score (nSPS) is 11.5. The molecule has 0 amide bonds. The van der Waals surface area contributed by atoms with E-state index in [4.69, 9.17) is 17.7 Å². The van der Waals surface area contributed by atoms with Crippen molar-refractivity contribution in [2.75, 3.05) is 0 Å². The summed E-state index contributed by atoms with van der Waals surface area (Å²) in [7, 11) is 0. The highest BCUT2D eigenvalue weighted by molar-refractivity contribution is 7.20. The molecule has 9 rings (SSSR count). The molecule has 8 aromatic heterocycles. The predicted molar refractivity (Wildman–Crippen MR) is 188 cm³/mol. The maximum atomic E-state index is 12.1. The van der Waals surface area contributed by atoms with Crippen molar-refractivity contribution in [1.29, 1.82) is 0 Å². The molecule has 12 heteroatoms. The Morgan fingerprint density at radius 1 is 0.588 bits per heavy atom. The van der Waals surface area contributed by atoms with Gasteiger partial charge in [0, 0.05) is 28.0 Å². The molecule has 0 aliphatic heterocycles. The molecular formula is C39H21N3O8S. The molecule has 0 atom stereocenters. The van der Waals surface area contributed by atoms with Gasteiger partial charge in [-0.05, 0) is 84.4 Å². The molecule has 0 aliphatic carbocycles. The van der Waals surface area contributed by atoms with Gasteiger partial charge in [-0.1, -0.05) is 18.2 Å². The third kappa shape index (κ3) is 5.36. The zero-order valence-electron chi connectivity index (χ0n) is 26.1. The highest BCUT2D eigenvalue weighted by Gasteiger charge is 2.22. The van der Waals surface area contributed by atoms with Crippen molar-refractivity contribution in [3.63, 3.8) is 0 Å². The SMILES string of the molecule is O=C(O)c1ccnc(-c2cc(C(=O)O)cc(-c3cc(-c4sc(-c5ccc(-c6ccc(-c7cc8ccccc8o7)o6)o5)c5occc45)ccn3)n2)c1. The summed E-state index contributed by atoms with van der Waals surface area (Å²) in [5.41, 5.74) is 3.29. The van der Waals surface area contributed by atoms with Gasteiger partial charge in [-0.2, -0.15) is 0 Å². The van der Waals surface area contributed by atoms with Crippen LogP contribution in [-0.4, -0.2) is 37.1 Å². The minimum absolute atomic E-state index is 0.00193. The van der Waals surface area contributed by atoms with E-state index in [0.717, 1.165) is 31.7 Å². The molecule has 0 bridgehead atoms. The molecule has 0 spiro atoms. The number of benzene rings is 1. The quantitative estimate of drug-likeness (QED) is 0.156. The Morgan fingerprint density at radius 2 is 1.24 bits per heavy atom. The summed E-state index contributed by atoms with van der Waals surface area (Å²) in [6.45, 7) is 0. The average Bonchev–Trinajstić information content (AvgIpc) is 3.99. The topological polar surface area (TPSA) is 166 Å². The molecule has 51 heavy (non-hydrogen) atoms. The lowest BCUT2D eigenvalue weighted by atomic mass is 10.1. The van der Waals surface area contributed by atoms with Crippen LogP contribution in [0.3, 0.4) is 0 Å². The van der Waals surface area contributed by atoms with Gasteiger partial charge in [0.15, 0.2) is 28.6 Å². The molecule has 8 heterocycles. The van der Waals surface area contributed by atoms with Crippen LogP contribution in [0.5, 0.6) is 0 Å². The Labute approximate surface area is 290 Å². The van der Waals surface area contributed by atoms with Gasteiger partial charge in [-0.15, -0.1) is 11.3 Å². The fourth-order valence-corrected chi connectivity index (χ4v) is 7.05. The van der Waals surface area contributed by atoms with Crippen LogP contribution in [0.25, 0.3) is 88.8 Å². The molecule has 2 N–H and O–H groups in total. The van der Waals surface area contributed by atoms with Gasteiger partial charge in [0.1, 0.15) is 16.2 Å². The number of carboxylic acid groups (broad SMARTS) is 2. The number of pyridine rings is 3. The number of aromatic nitrogens is 3. The number of rotatable bonds is 8. The van der Waals surface area contributed by atoms with E-state index in [1.54, 1.807) is 12.5 Å². The Bertz CT molecular complexity index is 2770. The summed E-state index contributed by atoms with van der Waals surface area (Å²) in [6, 6.07) is 28.1. The molecule has 0 saturated carbocycles. The summed E-state index contributed by atoms with van der Waals surface area (Å²) in [4.78, 5) is 38.7. The number of aromatic carboxylic acids is 2. The second-order valence-corrected chi connectivity index (χ2v) is 12.5. The van der Waals surface area contributed by atoms with E-state index in [1.165, 1.54) is 41.8 Å². The molecule has 0 radical (unpaired) electrons. The van der Waals surface area contributed by atoms with Gasteiger partial charge in [0.2, 0.25) is 0 Å². The first-order valence-electron chi connectivity index (χ1n) is 15.5. The zero-order valence-corrected chi connectivity index (χ0v) is 26.9. The number of carbonyl (C=O) groups is 2. The number of nitrogens with zero attached hydrogens (tertiary/aromatic N) is 3. The minimum atomic E-state index is -1.17. The Balaban J connectivity index is 1.06. The molecule has 1 aromatic carbocycles. The van der Waals surface area contributed by atoms with Crippen molar-refractivity contribution >= 4 is 45.2 Å². The molecule has 0 fully saturated rings. The molecule has 9 aromatic rings. The number of hydrogen-bond donors (Lipinski definition) is 2. The Morgan fingerprint density at radius 3 is 1.98 bits per heavy atom. The van der Waals surface area contributed by atoms with Crippen LogP contribution < -0.4 is 0 Å². The minimum Gasteiger partial charge on any atom is -0.478 e. The van der Waals surface area contributed by atoms with Crippen molar-refractivity contribution in [3.8, 4) is 66.9 Å². The maximum absolute atomic E-state index is 12.1. The number of furan rings is 4. The standard InChI is InChI=1S/C39H21N3O8S/c43-38(44)22-10-13-41-26(16-22)28-18-23(39(45)46)17-27(42-28)25-15-21(9-12-40-25)36-24-11-14-47-35(24)37(51-36)33-8-7-31(50-33)30-5-6-32(49-30)34-19-20-3-1-2-4-29(20)48-34/h1-19H,(H,43,44)(H,45,46). The summed E-state index contributed by atoms with van der Waals surface area (Å²) in [5.74, 6) is 0.569. The molecule has 11 nitrogen and oxygen atoms in total. The number of fused-ring (bicyclic) bond motifs is 2. The zero-order chi connectivity index (χ0) is 34.6. The lowest BCUT2D eigenvalue weighted by Crippen LogP contribution is -2.02. The van der Waals surface area contributed by atoms with Crippen molar-refractivity contribution in [3.05, 3.63) is 127 Å². The van der Waals surface area contributed by atoms with E-state index in [1.807, 2.05) is 72.8 Å². The highest BCUT2D eigenvalue weighted by Crippen LogP contribution is 2.46. The highest BCUT2D eigenvalue weighted by atomic mass is 32.1. The molecule has 0 unspecified atom stereocenters. The number of para-hydroxylation sites is 1. The van der Waals surface area contributed by atoms with Gasteiger partial charge >= 0.3 is 11.9 Å². The average molecular weight is 692 g/mol. The summed E-state index contributed by atoms with van der Waals surface area (Å²) in [6.07, 6.45) is 4.58. The second kappa shape index (κ2) is 11.8. The first-order chi connectivity index (χ1) is 24.9. The largest absolute Gasteiger partial charge is 0.478 e. The van der Waals surface area contributed by atoms with Crippen LogP contribution in [0.4, 0.5) is 0 Å². The van der Waals surface area contributed by atoms with Crippen molar-refractivity contribution in [1.82, 2.24) is 15.0 Å². The van der Waals surface area contributed by atoms with Crippen molar-refractivity contribution < 1.29 is 37.5 Å². The van der Waals surface area contributed by atoms with Gasteiger partial charge in [0.25, 0.3) is 0 Å². The fraction of sp³-hybridized carbons (Fsp3) is 0. The van der Waals surface area contributed by atoms with Crippen LogP contribution in [0.15, 0.2) is 133 Å². The van der Waals surface area contributed by atoms with Gasteiger partial charge in [0.05, 0.1) is 40.2 Å². The van der Waals surface area contributed by atoms with Gasteiger partial charge in [-0.25, -0.2) is 14.6 Å². The Hall–Kier alpha value is -7.05. The van der Waals surface area contributed by atoms with E-state index < -0.39 is 11.9 Å². The lowest BCUT2D eigenvalue weighted by molar-refractivity contribution is 0.0686. The van der Waals surface area contributed by atoms with E-state index in [9.17, 15) is 19.8 Å². The van der Waals surface area contributed by atoms with E-state index in [-0.39, 0.29) is 28.2 Å². The van der Waals surface area contributed by atoms with Gasteiger partial charge in [-0.3, -0.25) is 9.97 Å². The summed E-state index contributed by atoms with van der Waals surface area (Å²) in [5, 5.41) is 21.2. The molecule has 0 saturated heterocycles. The van der Waals surface area contributed by atoms with Crippen LogP contribution in [0.2, 0.25) is 0 Å². The lowest BCUT2D eigenvalue weighted by Gasteiger charge is -2.08. The smallest absolute Gasteiger partial charge is 0.335 e. The third-order valence-electron chi connectivity index (χ3n) is 8.29. The molecular weight excluding hydrogens is 671 g/mol. The molecule has 0 aliphatic rings. The van der Waals surface area contributed by atoms with Gasteiger partial charge < -0.3 is 27.9 Å². The van der Waals surface area contributed by atoms with Crippen LogP contribution in [0.1, 0.15) is 20.7 Å². The second-order valence-electron chi connectivity index (χ2n) is 11.5. The van der Waals surface area contributed by atoms with E-state index >= 15 is 0 Å². The van der Waals surface area contributed by atoms with Crippen LogP contribution in [0, 0.1) is 0 Å². The van der Waals surface area contributed by atoms with Crippen molar-refractivity contribution in [2.24, 2.45) is 0 Å². The first-order valence-corrected chi connectivity index (χ1v) is 16.3. The fourth-order valence-electron chi connectivity index (χ4n) is 5.87. The predicted octanol–water partition coefficient (Wildman–Crippen LogP) is 10.0. The van der Waals surface area contributed by atoms with Crippen LogP contribution >= 0.6 is 11.3 Å². The molecule has 246 valence electrons. The van der Waals surface area contributed by atoms with E-state index in [0.29, 0.717) is 40.1 Å². The summed E-state index contributed by atoms with van der Waals surface area (Å²) >= 11 is 1.47. The van der Waals surface area contributed by atoms with Crippen LogP contribution in [-0.2, 0) is 0 Å². The number of carboxylic acids is 2. The Kier molecular flexibility index (Phi) is 6.97. The number of hydrogen-bond acceptors (Lipinski definition) is 10. The number of thiophene rings is 1.